The van der Waals surface area contributed by atoms with Gasteiger partial charge in [0, 0.05) is 11.3 Å². The van der Waals surface area contributed by atoms with E-state index in [9.17, 15) is 9.90 Å². The van der Waals surface area contributed by atoms with Crippen molar-refractivity contribution in [2.75, 3.05) is 19.5 Å². The number of carbonyl (C=O) groups excluding carboxylic acids is 1. The molecular weight excluding hydrogens is 312 g/mol. The molecule has 0 fully saturated rings. The summed E-state index contributed by atoms with van der Waals surface area (Å²) >= 11 is 1.64. The van der Waals surface area contributed by atoms with Gasteiger partial charge in [0.15, 0.2) is 0 Å². The molecule has 4 nitrogen and oxygen atoms in total. The minimum Gasteiger partial charge on any atom is -0.489 e. The maximum atomic E-state index is 11.8. The molecule has 0 amide bonds. The van der Waals surface area contributed by atoms with Crippen LogP contribution in [0.3, 0.4) is 0 Å². The van der Waals surface area contributed by atoms with Crippen LogP contribution in [-0.2, 0) is 11.3 Å². The molecule has 0 radical (unpaired) electrons. The second-order valence-electron chi connectivity index (χ2n) is 5.21. The van der Waals surface area contributed by atoms with Crippen molar-refractivity contribution in [1.29, 1.82) is 0 Å². The Hall–Kier alpha value is -1.98. The monoisotopic (exact) mass is 330 g/mol. The van der Waals surface area contributed by atoms with E-state index in [4.69, 9.17) is 9.47 Å². The van der Waals surface area contributed by atoms with Crippen molar-refractivity contribution < 1.29 is 19.4 Å². The fourth-order valence-electron chi connectivity index (χ4n) is 2.72. The van der Waals surface area contributed by atoms with Gasteiger partial charge < -0.3 is 14.6 Å². The molecule has 2 aromatic carbocycles. The number of esters is 1. The van der Waals surface area contributed by atoms with Crippen LogP contribution in [0.5, 0.6) is 5.75 Å². The molecule has 3 rings (SSSR count). The lowest BCUT2D eigenvalue weighted by Crippen LogP contribution is -2.05. The zero-order valence-corrected chi connectivity index (χ0v) is 13.6. The van der Waals surface area contributed by atoms with Crippen LogP contribution in [0.15, 0.2) is 42.5 Å². The minimum absolute atomic E-state index is 0.0143. The number of hydrogen-bond acceptors (Lipinski definition) is 5. The van der Waals surface area contributed by atoms with Crippen molar-refractivity contribution in [2.24, 2.45) is 0 Å². The van der Waals surface area contributed by atoms with Crippen molar-refractivity contribution >= 4 is 17.7 Å². The molecular formula is C18H18O4S. The largest absolute Gasteiger partial charge is 0.489 e. The molecule has 1 heterocycles. The van der Waals surface area contributed by atoms with Gasteiger partial charge in [-0.25, -0.2) is 4.79 Å². The normalized spacial score (nSPS) is 15.8. The maximum Gasteiger partial charge on any atom is 0.337 e. The summed E-state index contributed by atoms with van der Waals surface area (Å²) in [6, 6.07) is 13.5. The number of carbonyl (C=O) groups is 1. The number of aliphatic hydroxyl groups excluding tert-OH is 1. The van der Waals surface area contributed by atoms with Gasteiger partial charge in [-0.1, -0.05) is 24.3 Å². The third-order valence-electron chi connectivity index (χ3n) is 3.81. The van der Waals surface area contributed by atoms with Crippen molar-refractivity contribution in [3.8, 4) is 5.75 Å². The number of rotatable bonds is 4. The molecule has 0 saturated heterocycles. The zero-order valence-electron chi connectivity index (χ0n) is 12.8. The highest BCUT2D eigenvalue weighted by atomic mass is 32.2. The van der Waals surface area contributed by atoms with E-state index in [0.29, 0.717) is 17.9 Å². The molecule has 1 unspecified atom stereocenters. The van der Waals surface area contributed by atoms with Gasteiger partial charge in [0.25, 0.3) is 0 Å². The fourth-order valence-corrected chi connectivity index (χ4v) is 3.84. The Morgan fingerprint density at radius 3 is 2.91 bits per heavy atom. The molecule has 23 heavy (non-hydrogen) atoms. The second kappa shape index (κ2) is 7.06. The van der Waals surface area contributed by atoms with E-state index in [-0.39, 0.29) is 17.8 Å². The number of thioether (sulfide) groups is 1. The van der Waals surface area contributed by atoms with Gasteiger partial charge in [-0.3, -0.25) is 0 Å². The van der Waals surface area contributed by atoms with E-state index in [1.54, 1.807) is 17.8 Å². The lowest BCUT2D eigenvalue weighted by molar-refractivity contribution is 0.0600. The van der Waals surface area contributed by atoms with Crippen molar-refractivity contribution in [3.63, 3.8) is 0 Å². The topological polar surface area (TPSA) is 55.8 Å². The standard InChI is InChI=1S/C18H18O4S/c1-21-18(20)12-6-7-16-15(10-12)17(23-9-8-19)14-5-3-2-4-13(14)11-22-16/h2-7,10,17,19H,8-9,11H2,1H3. The second-order valence-corrected chi connectivity index (χ2v) is 6.42. The van der Waals surface area contributed by atoms with Gasteiger partial charge in [-0.2, -0.15) is 0 Å². The van der Waals surface area contributed by atoms with E-state index in [1.807, 2.05) is 24.3 Å². The van der Waals surface area contributed by atoms with Crippen molar-refractivity contribution in [1.82, 2.24) is 0 Å². The van der Waals surface area contributed by atoms with Gasteiger partial charge in [0.05, 0.1) is 24.5 Å². The van der Waals surface area contributed by atoms with E-state index in [2.05, 4.69) is 12.1 Å². The first kappa shape index (κ1) is 15.9. The number of benzene rings is 2. The molecule has 0 spiro atoms. The van der Waals surface area contributed by atoms with Gasteiger partial charge in [-0.15, -0.1) is 11.8 Å². The van der Waals surface area contributed by atoms with Gasteiger partial charge in [0.2, 0.25) is 0 Å². The van der Waals surface area contributed by atoms with E-state index in [1.165, 1.54) is 7.11 Å². The Bertz CT molecular complexity index is 714. The third kappa shape index (κ3) is 3.21. The van der Waals surface area contributed by atoms with Gasteiger partial charge >= 0.3 is 5.97 Å². The number of ether oxygens (including phenoxy) is 2. The molecule has 1 atom stereocenters. The summed E-state index contributed by atoms with van der Waals surface area (Å²) in [5.74, 6) is 1.02. The summed E-state index contributed by atoms with van der Waals surface area (Å²) < 4.78 is 10.7. The zero-order chi connectivity index (χ0) is 16.2. The summed E-state index contributed by atoms with van der Waals surface area (Å²) in [4.78, 5) is 11.8. The van der Waals surface area contributed by atoms with Crippen LogP contribution >= 0.6 is 11.8 Å². The van der Waals surface area contributed by atoms with Gasteiger partial charge in [0.1, 0.15) is 12.4 Å². The molecule has 0 saturated carbocycles. The molecule has 5 heteroatoms. The molecule has 0 bridgehead atoms. The summed E-state index contributed by atoms with van der Waals surface area (Å²) in [7, 11) is 1.37. The first-order valence-corrected chi connectivity index (χ1v) is 8.44. The predicted molar refractivity (Wildman–Crippen MR) is 89.9 cm³/mol. The van der Waals surface area contributed by atoms with E-state index < -0.39 is 0 Å². The quantitative estimate of drug-likeness (QED) is 0.873. The third-order valence-corrected chi connectivity index (χ3v) is 5.07. The summed E-state index contributed by atoms with van der Waals surface area (Å²) in [6.45, 7) is 0.604. The van der Waals surface area contributed by atoms with Crippen LogP contribution in [0, 0.1) is 0 Å². The SMILES string of the molecule is COC(=O)c1ccc2c(c1)C(SCCO)c1ccccc1CO2. The molecule has 120 valence electrons. The summed E-state index contributed by atoms with van der Waals surface area (Å²) in [5.41, 5.74) is 3.73. The Labute approximate surface area is 139 Å². The highest BCUT2D eigenvalue weighted by Gasteiger charge is 2.26. The van der Waals surface area contributed by atoms with Gasteiger partial charge in [-0.05, 0) is 29.3 Å². The number of fused-ring (bicyclic) bond motifs is 2. The summed E-state index contributed by atoms with van der Waals surface area (Å²) in [5, 5.41) is 9.23. The Morgan fingerprint density at radius 1 is 1.30 bits per heavy atom. The molecule has 1 aliphatic rings. The Balaban J connectivity index is 2.10. The van der Waals surface area contributed by atoms with Crippen LogP contribution in [0.2, 0.25) is 0 Å². The van der Waals surface area contributed by atoms with Crippen LogP contribution in [0.4, 0.5) is 0 Å². The lowest BCUT2D eigenvalue weighted by Gasteiger charge is -2.19. The van der Waals surface area contributed by atoms with E-state index >= 15 is 0 Å². The molecule has 0 aliphatic carbocycles. The smallest absolute Gasteiger partial charge is 0.337 e. The summed E-state index contributed by atoms with van der Waals surface area (Å²) in [6.07, 6.45) is 0. The predicted octanol–water partition coefficient (Wildman–Crippen LogP) is 3.18. The Kier molecular flexibility index (Phi) is 4.88. The lowest BCUT2D eigenvalue weighted by atomic mass is 9.98. The van der Waals surface area contributed by atoms with Crippen LogP contribution in [0.25, 0.3) is 0 Å². The van der Waals surface area contributed by atoms with Crippen molar-refractivity contribution in [2.45, 2.75) is 11.9 Å². The minimum atomic E-state index is -0.365. The fraction of sp³-hybridized carbons (Fsp3) is 0.278. The van der Waals surface area contributed by atoms with Crippen LogP contribution in [0.1, 0.15) is 32.3 Å². The van der Waals surface area contributed by atoms with Crippen molar-refractivity contribution in [3.05, 3.63) is 64.7 Å². The number of hydrogen-bond donors (Lipinski definition) is 1. The van der Waals surface area contributed by atoms with Crippen LogP contribution < -0.4 is 4.74 Å². The highest BCUT2D eigenvalue weighted by Crippen LogP contribution is 2.44. The highest BCUT2D eigenvalue weighted by molar-refractivity contribution is 7.99. The first-order chi connectivity index (χ1) is 11.2. The Morgan fingerprint density at radius 2 is 2.13 bits per heavy atom. The number of methoxy groups -OCH3 is 1. The first-order valence-electron chi connectivity index (χ1n) is 7.40. The molecule has 2 aromatic rings. The molecule has 0 aromatic heterocycles. The average Bonchev–Trinajstić information content (AvgIpc) is 2.75. The number of aliphatic hydroxyl groups is 1. The van der Waals surface area contributed by atoms with E-state index in [0.717, 1.165) is 22.4 Å². The maximum absolute atomic E-state index is 11.8. The average molecular weight is 330 g/mol. The molecule has 1 aliphatic heterocycles. The molecule has 1 N–H and O–H groups in total. The van der Waals surface area contributed by atoms with Crippen LogP contribution in [-0.4, -0.2) is 30.5 Å².